The molecule has 0 amide bonds. The Morgan fingerprint density at radius 1 is 1.50 bits per heavy atom. The van der Waals surface area contributed by atoms with Gasteiger partial charge in [-0.2, -0.15) is 5.26 Å². The summed E-state index contributed by atoms with van der Waals surface area (Å²) >= 11 is 0. The lowest BCUT2D eigenvalue weighted by Crippen LogP contribution is -2.30. The molecule has 0 aliphatic rings. The number of pyridine rings is 1. The highest BCUT2D eigenvalue weighted by molar-refractivity contribution is 5.83. The minimum absolute atomic E-state index is 0.0145. The summed E-state index contributed by atoms with van der Waals surface area (Å²) in [6.45, 7) is 5.48. The molecular weight excluding hydrogens is 204 g/mol. The molecule has 0 fully saturated rings. The molecule has 1 rings (SSSR count). The normalized spacial score (nSPS) is 10.9. The van der Waals surface area contributed by atoms with Gasteiger partial charge in [0.1, 0.15) is 0 Å². The fourth-order valence-corrected chi connectivity index (χ4v) is 1.10. The Morgan fingerprint density at radius 3 is 2.56 bits per heavy atom. The van der Waals surface area contributed by atoms with Gasteiger partial charge >= 0.3 is 0 Å². The fraction of sp³-hybridized carbons (Fsp3) is 0.417. The molecule has 0 radical (unpaired) electrons. The number of hydrogen-bond acceptors (Lipinski definition) is 3. The van der Waals surface area contributed by atoms with Gasteiger partial charge in [-0.25, -0.2) is 0 Å². The van der Waals surface area contributed by atoms with Crippen molar-refractivity contribution >= 4 is 5.78 Å². The van der Waals surface area contributed by atoms with Crippen LogP contribution in [0.3, 0.4) is 0 Å². The predicted octanol–water partition coefficient (Wildman–Crippen LogP) is 1.34. The number of ketones is 1. The Bertz CT molecular complexity index is 501. The van der Waals surface area contributed by atoms with Crippen LogP contribution in [0, 0.1) is 16.7 Å². The van der Waals surface area contributed by atoms with Gasteiger partial charge in [-0.15, -0.1) is 0 Å². The number of Topliss-reactive ketones (excluding diaryl/α,β-unsaturated/α-hetero) is 1. The molecule has 0 atom stereocenters. The van der Waals surface area contributed by atoms with Crippen LogP contribution in [0.25, 0.3) is 0 Å². The molecule has 0 aliphatic carbocycles. The Morgan fingerprint density at radius 2 is 2.12 bits per heavy atom. The van der Waals surface area contributed by atoms with Crippen molar-refractivity contribution < 1.29 is 4.79 Å². The highest BCUT2D eigenvalue weighted by Gasteiger charge is 2.21. The van der Waals surface area contributed by atoms with E-state index in [4.69, 9.17) is 5.26 Å². The van der Waals surface area contributed by atoms with E-state index in [0.29, 0.717) is 5.56 Å². The first kappa shape index (κ1) is 12.2. The van der Waals surface area contributed by atoms with Gasteiger partial charge in [0.2, 0.25) is 0 Å². The molecule has 0 bridgehead atoms. The van der Waals surface area contributed by atoms with Gasteiger partial charge in [0.25, 0.3) is 5.56 Å². The van der Waals surface area contributed by atoms with Gasteiger partial charge in [0.05, 0.1) is 18.2 Å². The summed E-state index contributed by atoms with van der Waals surface area (Å²) in [5.41, 5.74) is -0.478. The SMILES string of the molecule is CC(C)(C)C(=O)Cn1ccc(C#N)cc1=O. The average molecular weight is 218 g/mol. The number of carbonyl (C=O) groups excluding carboxylic acids is 1. The van der Waals surface area contributed by atoms with E-state index in [-0.39, 0.29) is 17.9 Å². The number of rotatable bonds is 2. The van der Waals surface area contributed by atoms with Crippen molar-refractivity contribution in [3.05, 3.63) is 34.2 Å². The van der Waals surface area contributed by atoms with Crippen molar-refractivity contribution in [3.63, 3.8) is 0 Å². The van der Waals surface area contributed by atoms with E-state index in [2.05, 4.69) is 0 Å². The maximum atomic E-state index is 11.7. The molecule has 16 heavy (non-hydrogen) atoms. The standard InChI is InChI=1S/C12H14N2O2/c1-12(2,3)10(15)8-14-5-4-9(7-13)6-11(14)16/h4-6H,8H2,1-3H3. The van der Waals surface area contributed by atoms with E-state index in [9.17, 15) is 9.59 Å². The third kappa shape index (κ3) is 2.80. The molecule has 4 heteroatoms. The van der Waals surface area contributed by atoms with E-state index in [0.717, 1.165) is 0 Å². The van der Waals surface area contributed by atoms with Crippen molar-refractivity contribution in [2.24, 2.45) is 5.41 Å². The lowest BCUT2D eigenvalue weighted by Gasteiger charge is -2.17. The third-order valence-corrected chi connectivity index (χ3v) is 2.28. The quantitative estimate of drug-likeness (QED) is 0.752. The zero-order valence-corrected chi connectivity index (χ0v) is 9.65. The maximum absolute atomic E-state index is 11.7. The van der Waals surface area contributed by atoms with E-state index in [1.54, 1.807) is 0 Å². The summed E-state index contributed by atoms with van der Waals surface area (Å²) < 4.78 is 1.31. The van der Waals surface area contributed by atoms with Gasteiger partial charge in [0.15, 0.2) is 5.78 Å². The lowest BCUT2D eigenvalue weighted by molar-refractivity contribution is -0.126. The van der Waals surface area contributed by atoms with Crippen molar-refractivity contribution in [2.45, 2.75) is 27.3 Å². The summed E-state index contributed by atoms with van der Waals surface area (Å²) in [5.74, 6) is -0.0145. The van der Waals surface area contributed by atoms with E-state index in [1.807, 2.05) is 26.8 Å². The van der Waals surface area contributed by atoms with Crippen molar-refractivity contribution in [1.82, 2.24) is 4.57 Å². The van der Waals surface area contributed by atoms with Gasteiger partial charge in [0, 0.05) is 17.7 Å². The topological polar surface area (TPSA) is 62.9 Å². The summed E-state index contributed by atoms with van der Waals surface area (Å²) in [5, 5.41) is 8.60. The summed E-state index contributed by atoms with van der Waals surface area (Å²) in [6.07, 6.45) is 1.48. The molecule has 0 saturated carbocycles. The number of carbonyl (C=O) groups is 1. The van der Waals surface area contributed by atoms with E-state index >= 15 is 0 Å². The minimum Gasteiger partial charge on any atom is -0.308 e. The number of hydrogen-bond donors (Lipinski definition) is 0. The highest BCUT2D eigenvalue weighted by atomic mass is 16.1. The molecule has 1 aromatic heterocycles. The van der Waals surface area contributed by atoms with Crippen LogP contribution in [-0.4, -0.2) is 10.4 Å². The monoisotopic (exact) mass is 218 g/mol. The van der Waals surface area contributed by atoms with Gasteiger partial charge < -0.3 is 4.57 Å². The van der Waals surface area contributed by atoms with Crippen molar-refractivity contribution in [2.75, 3.05) is 0 Å². The smallest absolute Gasteiger partial charge is 0.252 e. The third-order valence-electron chi connectivity index (χ3n) is 2.28. The van der Waals surface area contributed by atoms with Gasteiger partial charge in [-0.05, 0) is 6.07 Å². The van der Waals surface area contributed by atoms with E-state index < -0.39 is 5.41 Å². The van der Waals surface area contributed by atoms with Gasteiger partial charge in [-0.3, -0.25) is 9.59 Å². The lowest BCUT2D eigenvalue weighted by atomic mass is 9.91. The highest BCUT2D eigenvalue weighted by Crippen LogP contribution is 2.15. The molecule has 0 aliphatic heterocycles. The van der Waals surface area contributed by atoms with Crippen LogP contribution < -0.4 is 5.56 Å². The molecule has 1 aromatic rings. The van der Waals surface area contributed by atoms with Crippen LogP contribution in [0.5, 0.6) is 0 Å². The second-order valence-corrected chi connectivity index (χ2v) is 4.67. The van der Waals surface area contributed by atoms with Crippen LogP contribution in [0.4, 0.5) is 0 Å². The fourth-order valence-electron chi connectivity index (χ4n) is 1.10. The first-order valence-electron chi connectivity index (χ1n) is 4.98. The van der Waals surface area contributed by atoms with Crippen LogP contribution in [0.15, 0.2) is 23.1 Å². The summed E-state index contributed by atoms with van der Waals surface area (Å²) in [6, 6.07) is 4.64. The molecular formula is C12H14N2O2. The first-order valence-corrected chi connectivity index (χ1v) is 4.98. The molecule has 0 spiro atoms. The second kappa shape index (κ2) is 4.31. The summed E-state index contributed by atoms with van der Waals surface area (Å²) in [7, 11) is 0. The molecule has 84 valence electrons. The molecule has 1 heterocycles. The molecule has 0 saturated heterocycles. The Kier molecular flexibility index (Phi) is 3.28. The Labute approximate surface area is 94.1 Å². The van der Waals surface area contributed by atoms with Crippen LogP contribution in [0.2, 0.25) is 0 Å². The molecule has 4 nitrogen and oxygen atoms in total. The number of aromatic nitrogens is 1. The van der Waals surface area contributed by atoms with Crippen molar-refractivity contribution in [3.8, 4) is 6.07 Å². The maximum Gasteiger partial charge on any atom is 0.252 e. The molecule has 0 aromatic carbocycles. The zero-order valence-electron chi connectivity index (χ0n) is 9.65. The first-order chi connectivity index (χ1) is 7.34. The Hall–Kier alpha value is -1.89. The average Bonchev–Trinajstić information content (AvgIpc) is 2.19. The van der Waals surface area contributed by atoms with Gasteiger partial charge in [-0.1, -0.05) is 20.8 Å². The van der Waals surface area contributed by atoms with Crippen molar-refractivity contribution in [1.29, 1.82) is 5.26 Å². The predicted molar refractivity (Wildman–Crippen MR) is 59.9 cm³/mol. The van der Waals surface area contributed by atoms with Crippen LogP contribution in [-0.2, 0) is 11.3 Å². The Balaban J connectivity index is 2.97. The summed E-state index contributed by atoms with van der Waals surface area (Å²) in [4.78, 5) is 23.2. The van der Waals surface area contributed by atoms with Crippen LogP contribution >= 0.6 is 0 Å². The molecule has 0 unspecified atom stereocenters. The van der Waals surface area contributed by atoms with Crippen LogP contribution in [0.1, 0.15) is 26.3 Å². The molecule has 0 N–H and O–H groups in total. The minimum atomic E-state index is -0.465. The number of nitriles is 1. The second-order valence-electron chi connectivity index (χ2n) is 4.67. The largest absolute Gasteiger partial charge is 0.308 e. The number of nitrogens with zero attached hydrogens (tertiary/aromatic N) is 2. The zero-order chi connectivity index (χ0) is 12.3. The van der Waals surface area contributed by atoms with E-state index in [1.165, 1.54) is 22.9 Å².